The number of nitrogens with zero attached hydrogens (tertiary/aromatic N) is 2. The number of amides is 1. The molecule has 0 fully saturated rings. The highest BCUT2D eigenvalue weighted by atomic mass is 16.6. The first-order valence-electron chi connectivity index (χ1n) is 10.5. The summed E-state index contributed by atoms with van der Waals surface area (Å²) in [6.45, 7) is 3.62. The van der Waals surface area contributed by atoms with Gasteiger partial charge in [-0.1, -0.05) is 60.7 Å². The molecule has 1 amide bonds. The van der Waals surface area contributed by atoms with Crippen molar-refractivity contribution in [2.45, 2.75) is 32.6 Å². The maximum atomic E-state index is 12.5. The summed E-state index contributed by atoms with van der Waals surface area (Å²) in [6, 6.07) is 18.7. The molecule has 0 saturated carbocycles. The van der Waals surface area contributed by atoms with E-state index in [-0.39, 0.29) is 36.4 Å². The molecule has 0 aliphatic carbocycles. The summed E-state index contributed by atoms with van der Waals surface area (Å²) in [5, 5.41) is 2.72. The predicted molar refractivity (Wildman–Crippen MR) is 123 cm³/mol. The monoisotopic (exact) mass is 465 g/mol. The Bertz CT molecular complexity index is 1120. The molecule has 9 heteroatoms. The summed E-state index contributed by atoms with van der Waals surface area (Å²) in [6.07, 6.45) is -0.666. The lowest BCUT2D eigenvalue weighted by molar-refractivity contribution is 0.0585. The molecule has 1 heterocycles. The average Bonchev–Trinajstić information content (AvgIpc) is 2.86. The largest absolute Gasteiger partial charge is 0.481 e. The highest BCUT2D eigenvalue weighted by Gasteiger charge is 2.32. The molecule has 0 aliphatic heterocycles. The number of aromatic nitrogens is 2. The smallest absolute Gasteiger partial charge is 0.408 e. The van der Waals surface area contributed by atoms with Crippen LogP contribution in [0.5, 0.6) is 11.6 Å². The molecule has 2 aromatic carbocycles. The normalized spacial score (nSPS) is 10.8. The maximum Gasteiger partial charge on any atom is 0.408 e. The third-order valence-corrected chi connectivity index (χ3v) is 4.82. The Morgan fingerprint density at radius 1 is 0.882 bits per heavy atom. The van der Waals surface area contributed by atoms with Crippen LogP contribution in [0.4, 0.5) is 4.79 Å². The molecule has 0 aliphatic rings. The second-order valence-electron chi connectivity index (χ2n) is 7.81. The fraction of sp³-hybridized carbons (Fsp3) is 0.280. The van der Waals surface area contributed by atoms with Crippen LogP contribution in [0.1, 0.15) is 41.3 Å². The lowest BCUT2D eigenvalue weighted by Gasteiger charge is -2.25. The molecule has 3 aromatic rings. The Morgan fingerprint density at radius 3 is 2.03 bits per heavy atom. The van der Waals surface area contributed by atoms with E-state index in [1.54, 1.807) is 13.8 Å². The van der Waals surface area contributed by atoms with E-state index in [1.165, 1.54) is 14.2 Å². The Balaban J connectivity index is 1.83. The zero-order valence-electron chi connectivity index (χ0n) is 19.5. The molecule has 0 radical (unpaired) electrons. The summed E-state index contributed by atoms with van der Waals surface area (Å²) < 4.78 is 21.4. The van der Waals surface area contributed by atoms with Gasteiger partial charge in [0.25, 0.3) is 5.88 Å². The van der Waals surface area contributed by atoms with Gasteiger partial charge in [0.2, 0.25) is 5.75 Å². The van der Waals surface area contributed by atoms with Crippen molar-refractivity contribution in [3.8, 4) is 11.6 Å². The highest BCUT2D eigenvalue weighted by molar-refractivity contribution is 5.91. The van der Waals surface area contributed by atoms with Gasteiger partial charge < -0.3 is 24.3 Å². The third-order valence-electron chi connectivity index (χ3n) is 4.82. The van der Waals surface area contributed by atoms with E-state index >= 15 is 0 Å². The van der Waals surface area contributed by atoms with E-state index in [9.17, 15) is 9.59 Å². The fourth-order valence-corrected chi connectivity index (χ4v) is 3.01. The van der Waals surface area contributed by atoms with Crippen LogP contribution < -0.4 is 14.8 Å². The van der Waals surface area contributed by atoms with Gasteiger partial charge in [-0.15, -0.1) is 0 Å². The van der Waals surface area contributed by atoms with Crippen LogP contribution in [-0.4, -0.2) is 36.3 Å². The number of rotatable bonds is 9. The minimum Gasteiger partial charge on any atom is -0.481 e. The molecule has 0 spiro atoms. The number of carbonyl (C=O) groups excluding carboxylic acids is 2. The SMILES string of the molecule is COC(=O)c1nc(C(C)(C)NC(=O)OCc2ccccc2)nc(OC)c1OCc1ccccc1. The first-order chi connectivity index (χ1) is 16.3. The van der Waals surface area contributed by atoms with Crippen molar-refractivity contribution in [2.24, 2.45) is 0 Å². The zero-order chi connectivity index (χ0) is 24.6. The van der Waals surface area contributed by atoms with Crippen LogP contribution in [0.3, 0.4) is 0 Å². The van der Waals surface area contributed by atoms with Crippen LogP contribution in [-0.2, 0) is 28.2 Å². The molecule has 34 heavy (non-hydrogen) atoms. The first-order valence-corrected chi connectivity index (χ1v) is 10.5. The van der Waals surface area contributed by atoms with E-state index in [0.717, 1.165) is 11.1 Å². The van der Waals surface area contributed by atoms with Gasteiger partial charge in [0.1, 0.15) is 13.2 Å². The molecular formula is C25H27N3O6. The number of methoxy groups -OCH3 is 2. The summed E-state index contributed by atoms with van der Waals surface area (Å²) in [5.41, 5.74) is 0.503. The van der Waals surface area contributed by atoms with Crippen molar-refractivity contribution < 1.29 is 28.5 Å². The summed E-state index contributed by atoms with van der Waals surface area (Å²) >= 11 is 0. The Morgan fingerprint density at radius 2 is 1.47 bits per heavy atom. The highest BCUT2D eigenvalue weighted by Crippen LogP contribution is 2.32. The lowest BCUT2D eigenvalue weighted by Crippen LogP contribution is -2.43. The minimum atomic E-state index is -1.11. The van der Waals surface area contributed by atoms with Crippen LogP contribution in [0, 0.1) is 0 Å². The standard InChI is InChI=1S/C25H27N3O6/c1-25(2,28-24(30)34-16-18-13-9-6-10-14-18)23-26-19(22(29)32-4)20(21(27-23)31-3)33-15-17-11-7-5-8-12-17/h5-14H,15-16H2,1-4H3,(H,28,30). The Labute approximate surface area is 198 Å². The number of hydrogen-bond acceptors (Lipinski definition) is 8. The second kappa shape index (κ2) is 11.1. The van der Waals surface area contributed by atoms with E-state index in [2.05, 4.69) is 15.3 Å². The molecule has 0 saturated heterocycles. The van der Waals surface area contributed by atoms with Crippen LogP contribution in [0.25, 0.3) is 0 Å². The van der Waals surface area contributed by atoms with Gasteiger partial charge in [0.15, 0.2) is 11.5 Å². The average molecular weight is 466 g/mol. The lowest BCUT2D eigenvalue weighted by atomic mass is 10.0. The van der Waals surface area contributed by atoms with Gasteiger partial charge in [-0.05, 0) is 25.0 Å². The van der Waals surface area contributed by atoms with Crippen molar-refractivity contribution in [1.82, 2.24) is 15.3 Å². The first kappa shape index (κ1) is 24.5. The molecule has 3 rings (SSSR count). The van der Waals surface area contributed by atoms with Crippen LogP contribution >= 0.6 is 0 Å². The predicted octanol–water partition coefficient (Wildman–Crippen LogP) is 4.01. The Hall–Kier alpha value is -4.14. The molecule has 0 unspecified atom stereocenters. The second-order valence-corrected chi connectivity index (χ2v) is 7.81. The molecular weight excluding hydrogens is 438 g/mol. The molecule has 0 bridgehead atoms. The summed E-state index contributed by atoms with van der Waals surface area (Å²) in [5.74, 6) is -0.529. The minimum absolute atomic E-state index is 0.0360. The topological polar surface area (TPSA) is 109 Å². The number of nitrogens with one attached hydrogen (secondary N) is 1. The van der Waals surface area contributed by atoms with Gasteiger partial charge in [-0.25, -0.2) is 14.6 Å². The molecule has 0 atom stereocenters. The van der Waals surface area contributed by atoms with Crippen molar-refractivity contribution in [1.29, 1.82) is 0 Å². The number of hydrogen-bond donors (Lipinski definition) is 1. The number of esters is 1. The van der Waals surface area contributed by atoms with Gasteiger partial charge in [0, 0.05) is 0 Å². The number of carbonyl (C=O) groups is 2. The van der Waals surface area contributed by atoms with Gasteiger partial charge in [-0.3, -0.25) is 0 Å². The van der Waals surface area contributed by atoms with E-state index < -0.39 is 17.6 Å². The number of ether oxygens (including phenoxy) is 4. The molecule has 1 aromatic heterocycles. The van der Waals surface area contributed by atoms with Gasteiger partial charge >= 0.3 is 12.1 Å². The number of benzene rings is 2. The zero-order valence-corrected chi connectivity index (χ0v) is 19.5. The van der Waals surface area contributed by atoms with E-state index in [0.29, 0.717) is 0 Å². The molecule has 9 nitrogen and oxygen atoms in total. The Kier molecular flexibility index (Phi) is 8.02. The van der Waals surface area contributed by atoms with Crippen molar-refractivity contribution >= 4 is 12.1 Å². The van der Waals surface area contributed by atoms with E-state index in [4.69, 9.17) is 18.9 Å². The van der Waals surface area contributed by atoms with Gasteiger partial charge in [-0.2, -0.15) is 4.98 Å². The van der Waals surface area contributed by atoms with Gasteiger partial charge in [0.05, 0.1) is 19.8 Å². The fourth-order valence-electron chi connectivity index (χ4n) is 3.01. The number of alkyl carbamates (subject to hydrolysis) is 1. The molecule has 1 N–H and O–H groups in total. The van der Waals surface area contributed by atoms with E-state index in [1.807, 2.05) is 60.7 Å². The molecule has 178 valence electrons. The van der Waals surface area contributed by atoms with Crippen LogP contribution in [0.15, 0.2) is 60.7 Å². The van der Waals surface area contributed by atoms with Crippen molar-refractivity contribution in [3.05, 3.63) is 83.3 Å². The van der Waals surface area contributed by atoms with Crippen LogP contribution in [0.2, 0.25) is 0 Å². The van der Waals surface area contributed by atoms with Crippen molar-refractivity contribution in [3.63, 3.8) is 0 Å². The quantitative estimate of drug-likeness (QED) is 0.472. The third kappa shape index (κ3) is 6.22. The maximum absolute atomic E-state index is 12.5. The van der Waals surface area contributed by atoms with Crippen molar-refractivity contribution in [2.75, 3.05) is 14.2 Å². The summed E-state index contributed by atoms with van der Waals surface area (Å²) in [4.78, 5) is 33.7. The summed E-state index contributed by atoms with van der Waals surface area (Å²) in [7, 11) is 2.64.